The molecular formula is C22H16BrF3N4O3S2. The van der Waals surface area contributed by atoms with Gasteiger partial charge in [0, 0.05) is 4.88 Å². The average Bonchev–Trinajstić information content (AvgIpc) is 3.57. The van der Waals surface area contributed by atoms with E-state index in [4.69, 9.17) is 4.74 Å². The number of aromatic nitrogens is 3. The highest BCUT2D eigenvalue weighted by atomic mass is 79.9. The number of esters is 1. The third-order valence-corrected chi connectivity index (χ3v) is 8.27. The zero-order valence-corrected chi connectivity index (χ0v) is 21.3. The Morgan fingerprint density at radius 3 is 2.80 bits per heavy atom. The molecule has 0 unspecified atom stereocenters. The maximum absolute atomic E-state index is 13.9. The fourth-order valence-electron chi connectivity index (χ4n) is 3.96. The molecular weight excluding hydrogens is 569 g/mol. The molecule has 0 aliphatic heterocycles. The Morgan fingerprint density at radius 1 is 1.31 bits per heavy atom. The fraction of sp³-hybridized carbons (Fsp3) is 0.273. The van der Waals surface area contributed by atoms with E-state index in [2.05, 4.69) is 31.3 Å². The van der Waals surface area contributed by atoms with Gasteiger partial charge in [0.1, 0.15) is 5.00 Å². The van der Waals surface area contributed by atoms with Crippen LogP contribution in [0, 0.1) is 0 Å². The van der Waals surface area contributed by atoms with E-state index in [0.717, 1.165) is 29.3 Å². The van der Waals surface area contributed by atoms with E-state index in [1.165, 1.54) is 22.7 Å². The largest absolute Gasteiger partial charge is 0.462 e. The van der Waals surface area contributed by atoms with E-state index in [1.54, 1.807) is 24.4 Å². The number of halogens is 4. The number of alkyl halides is 3. The summed E-state index contributed by atoms with van der Waals surface area (Å²) < 4.78 is 47.4. The standard InChI is InChI=1S/C22H16BrF3N4O3S2/c1-2-33-21(32)15-10-5-3-6-12(10)35-20(15)28-19(31)17-16(23)18-27-11(13-7-4-8-34-13)9-14(22(24,25)26)30(18)29-17/h4,7-9H,2-3,5-6H2,1H3,(H,28,31). The number of aryl methyl sites for hydroxylation is 1. The Labute approximate surface area is 213 Å². The molecule has 4 aromatic rings. The molecule has 0 aromatic carbocycles. The van der Waals surface area contributed by atoms with Crippen LogP contribution >= 0.6 is 38.6 Å². The van der Waals surface area contributed by atoms with Crippen molar-refractivity contribution in [3.63, 3.8) is 0 Å². The number of amides is 1. The third kappa shape index (κ3) is 4.25. The van der Waals surface area contributed by atoms with Gasteiger partial charge in [-0.05, 0) is 65.2 Å². The SMILES string of the molecule is CCOC(=O)c1c(NC(=O)c2nn3c(C(F)(F)F)cc(-c4cccs4)nc3c2Br)sc2c1CCC2. The monoisotopic (exact) mass is 584 g/mol. The third-order valence-electron chi connectivity index (χ3n) is 5.44. The highest BCUT2D eigenvalue weighted by molar-refractivity contribution is 9.10. The van der Waals surface area contributed by atoms with Gasteiger partial charge in [0.05, 0.1) is 27.2 Å². The van der Waals surface area contributed by atoms with Crippen molar-refractivity contribution in [3.8, 4) is 10.6 Å². The minimum absolute atomic E-state index is 0.0145. The van der Waals surface area contributed by atoms with Crippen molar-refractivity contribution in [3.05, 3.63) is 55.4 Å². The lowest BCUT2D eigenvalue weighted by atomic mass is 10.1. The second-order valence-electron chi connectivity index (χ2n) is 7.64. The molecule has 0 saturated carbocycles. The first-order chi connectivity index (χ1) is 16.7. The lowest BCUT2D eigenvalue weighted by Gasteiger charge is -2.10. The quantitative estimate of drug-likeness (QED) is 0.281. The Kier molecular flexibility index (Phi) is 6.18. The fourth-order valence-corrected chi connectivity index (χ4v) is 6.44. The van der Waals surface area contributed by atoms with E-state index in [9.17, 15) is 22.8 Å². The summed E-state index contributed by atoms with van der Waals surface area (Å²) in [6, 6.07) is 4.28. The molecule has 35 heavy (non-hydrogen) atoms. The molecule has 5 rings (SSSR count). The number of carbonyl (C=O) groups excluding carboxylic acids is 2. The van der Waals surface area contributed by atoms with Crippen molar-refractivity contribution < 1.29 is 27.5 Å². The predicted octanol–water partition coefficient (Wildman–Crippen LogP) is 6.22. The number of carbonyl (C=O) groups is 2. The molecule has 0 radical (unpaired) electrons. The van der Waals surface area contributed by atoms with Gasteiger partial charge < -0.3 is 10.1 Å². The van der Waals surface area contributed by atoms with E-state index in [-0.39, 0.29) is 28.1 Å². The number of hydrogen-bond acceptors (Lipinski definition) is 7. The maximum atomic E-state index is 13.9. The maximum Gasteiger partial charge on any atom is 0.433 e. The number of rotatable bonds is 5. The van der Waals surface area contributed by atoms with Gasteiger partial charge in [-0.25, -0.2) is 14.3 Å². The first-order valence-electron chi connectivity index (χ1n) is 10.5. The highest BCUT2D eigenvalue weighted by Crippen LogP contribution is 2.40. The zero-order valence-electron chi connectivity index (χ0n) is 18.0. The average molecular weight is 585 g/mol. The Hall–Kier alpha value is -2.77. The first-order valence-corrected chi connectivity index (χ1v) is 13.0. The van der Waals surface area contributed by atoms with Crippen molar-refractivity contribution in [2.75, 3.05) is 11.9 Å². The number of nitrogens with zero attached hydrogens (tertiary/aromatic N) is 3. The van der Waals surface area contributed by atoms with Crippen molar-refractivity contribution in [1.82, 2.24) is 14.6 Å². The van der Waals surface area contributed by atoms with Crippen LogP contribution in [-0.4, -0.2) is 33.1 Å². The van der Waals surface area contributed by atoms with Crippen LogP contribution in [-0.2, 0) is 23.8 Å². The number of thiophene rings is 2. The van der Waals surface area contributed by atoms with E-state index in [0.29, 0.717) is 26.4 Å². The number of nitrogens with one attached hydrogen (secondary N) is 1. The van der Waals surface area contributed by atoms with Gasteiger partial charge >= 0.3 is 12.1 Å². The topological polar surface area (TPSA) is 85.6 Å². The Balaban J connectivity index is 1.58. The summed E-state index contributed by atoms with van der Waals surface area (Å²) in [5, 5.41) is 8.63. The summed E-state index contributed by atoms with van der Waals surface area (Å²) in [5.41, 5.74) is -0.229. The van der Waals surface area contributed by atoms with Gasteiger partial charge in [-0.15, -0.1) is 22.7 Å². The molecule has 1 amide bonds. The van der Waals surface area contributed by atoms with Crippen molar-refractivity contribution in [2.24, 2.45) is 0 Å². The molecule has 1 N–H and O–H groups in total. The normalized spacial score (nSPS) is 13.3. The van der Waals surface area contributed by atoms with Gasteiger partial charge in [-0.3, -0.25) is 4.79 Å². The summed E-state index contributed by atoms with van der Waals surface area (Å²) >= 11 is 5.74. The molecule has 1 aliphatic carbocycles. The predicted molar refractivity (Wildman–Crippen MR) is 129 cm³/mol. The molecule has 13 heteroatoms. The zero-order chi connectivity index (χ0) is 24.9. The second kappa shape index (κ2) is 9.03. The summed E-state index contributed by atoms with van der Waals surface area (Å²) in [6.45, 7) is 1.86. The van der Waals surface area contributed by atoms with Crippen molar-refractivity contribution in [2.45, 2.75) is 32.4 Å². The van der Waals surface area contributed by atoms with Gasteiger partial charge in [0.15, 0.2) is 17.0 Å². The summed E-state index contributed by atoms with van der Waals surface area (Å²) in [6.07, 6.45) is -2.36. The number of anilines is 1. The van der Waals surface area contributed by atoms with Gasteiger partial charge in [0.25, 0.3) is 5.91 Å². The van der Waals surface area contributed by atoms with Crippen LogP contribution < -0.4 is 5.32 Å². The molecule has 182 valence electrons. The van der Waals surface area contributed by atoms with Crippen LogP contribution in [0.4, 0.5) is 18.2 Å². The molecule has 4 heterocycles. The lowest BCUT2D eigenvalue weighted by Crippen LogP contribution is -2.17. The summed E-state index contributed by atoms with van der Waals surface area (Å²) in [7, 11) is 0. The highest BCUT2D eigenvalue weighted by Gasteiger charge is 2.37. The van der Waals surface area contributed by atoms with Crippen LogP contribution in [0.25, 0.3) is 16.2 Å². The Bertz CT molecular complexity index is 1460. The summed E-state index contributed by atoms with van der Waals surface area (Å²) in [5.74, 6) is -1.31. The molecule has 1 aliphatic rings. The van der Waals surface area contributed by atoms with Crippen LogP contribution in [0.5, 0.6) is 0 Å². The molecule has 4 aromatic heterocycles. The first kappa shape index (κ1) is 23.9. The minimum atomic E-state index is -4.74. The molecule has 0 bridgehead atoms. The second-order valence-corrected chi connectivity index (χ2v) is 10.5. The number of hydrogen-bond donors (Lipinski definition) is 1. The van der Waals surface area contributed by atoms with Crippen LogP contribution in [0.1, 0.15) is 50.3 Å². The lowest BCUT2D eigenvalue weighted by molar-refractivity contribution is -0.142. The Morgan fingerprint density at radius 2 is 2.11 bits per heavy atom. The van der Waals surface area contributed by atoms with E-state index >= 15 is 0 Å². The number of fused-ring (bicyclic) bond motifs is 2. The van der Waals surface area contributed by atoms with Gasteiger partial charge in [-0.2, -0.15) is 18.3 Å². The van der Waals surface area contributed by atoms with Gasteiger partial charge in [0.2, 0.25) is 0 Å². The van der Waals surface area contributed by atoms with Crippen LogP contribution in [0.2, 0.25) is 0 Å². The molecule has 0 fully saturated rings. The van der Waals surface area contributed by atoms with Crippen LogP contribution in [0.15, 0.2) is 28.1 Å². The van der Waals surface area contributed by atoms with Crippen LogP contribution in [0.3, 0.4) is 0 Å². The smallest absolute Gasteiger partial charge is 0.433 e. The number of ether oxygens (including phenoxy) is 1. The molecule has 7 nitrogen and oxygen atoms in total. The van der Waals surface area contributed by atoms with E-state index in [1.807, 2.05) is 0 Å². The molecule has 0 saturated heterocycles. The minimum Gasteiger partial charge on any atom is -0.462 e. The van der Waals surface area contributed by atoms with Crippen molar-refractivity contribution in [1.29, 1.82) is 0 Å². The summed E-state index contributed by atoms with van der Waals surface area (Å²) in [4.78, 5) is 31.6. The van der Waals surface area contributed by atoms with E-state index < -0.39 is 23.7 Å². The molecule has 0 atom stereocenters. The van der Waals surface area contributed by atoms with Crippen molar-refractivity contribution >= 4 is 61.1 Å². The molecule has 0 spiro atoms. The van der Waals surface area contributed by atoms with Gasteiger partial charge in [-0.1, -0.05) is 6.07 Å².